The van der Waals surface area contributed by atoms with Crippen LogP contribution >= 0.6 is 0 Å². The highest BCUT2D eigenvalue weighted by atomic mass is 16.5. The average molecular weight is 213 g/mol. The van der Waals surface area contributed by atoms with Gasteiger partial charge in [0.2, 0.25) is 0 Å². The van der Waals surface area contributed by atoms with Gasteiger partial charge >= 0.3 is 0 Å². The van der Waals surface area contributed by atoms with E-state index >= 15 is 0 Å². The fourth-order valence-electron chi connectivity index (χ4n) is 2.93. The summed E-state index contributed by atoms with van der Waals surface area (Å²) in [5, 5.41) is 10.1. The van der Waals surface area contributed by atoms with E-state index in [0.29, 0.717) is 6.04 Å². The molecule has 0 aromatic heterocycles. The van der Waals surface area contributed by atoms with Crippen LogP contribution in [0.2, 0.25) is 0 Å². The molecule has 3 aliphatic heterocycles. The fourth-order valence-corrected chi connectivity index (χ4v) is 2.93. The molecular formula is C11H19NO3. The highest BCUT2D eigenvalue weighted by Crippen LogP contribution is 2.36. The third kappa shape index (κ3) is 1.60. The lowest BCUT2D eigenvalue weighted by molar-refractivity contribution is -0.162. The molecule has 3 aliphatic rings. The maximum Gasteiger partial charge on any atom is 0.107 e. The van der Waals surface area contributed by atoms with E-state index in [-0.39, 0.29) is 11.7 Å². The lowest BCUT2D eigenvalue weighted by Crippen LogP contribution is -2.62. The average Bonchev–Trinajstić information content (AvgIpc) is 2.58. The van der Waals surface area contributed by atoms with Gasteiger partial charge in [-0.3, -0.25) is 4.90 Å². The summed E-state index contributed by atoms with van der Waals surface area (Å²) in [6.07, 6.45) is 2.68. The van der Waals surface area contributed by atoms with Gasteiger partial charge in [-0.25, -0.2) is 0 Å². The predicted octanol–water partition coefficient (Wildman–Crippen LogP) is 0.00100. The summed E-state index contributed by atoms with van der Waals surface area (Å²) in [6, 6.07) is 0.568. The van der Waals surface area contributed by atoms with E-state index < -0.39 is 0 Å². The first-order valence-corrected chi connectivity index (χ1v) is 5.94. The molecular weight excluding hydrogens is 194 g/mol. The zero-order valence-corrected chi connectivity index (χ0v) is 9.02. The summed E-state index contributed by atoms with van der Waals surface area (Å²) in [6.45, 7) is 4.40. The molecule has 0 unspecified atom stereocenters. The van der Waals surface area contributed by atoms with E-state index in [2.05, 4.69) is 4.90 Å². The molecule has 2 atom stereocenters. The summed E-state index contributed by atoms with van der Waals surface area (Å²) in [4.78, 5) is 2.43. The summed E-state index contributed by atoms with van der Waals surface area (Å²) in [7, 11) is 0. The van der Waals surface area contributed by atoms with Crippen LogP contribution in [0.1, 0.15) is 19.3 Å². The first kappa shape index (κ1) is 10.0. The van der Waals surface area contributed by atoms with Crippen LogP contribution in [-0.2, 0) is 9.47 Å². The van der Waals surface area contributed by atoms with Crippen LogP contribution in [0.25, 0.3) is 0 Å². The Morgan fingerprint density at radius 2 is 2.20 bits per heavy atom. The minimum absolute atomic E-state index is 0.256. The number of hydrogen-bond donors (Lipinski definition) is 1. The molecule has 0 amide bonds. The molecule has 3 fully saturated rings. The first-order chi connectivity index (χ1) is 7.30. The Hall–Kier alpha value is -0.160. The standard InChI is InChI=1S/C11H19NO3/c13-10-2-4-12(9-6-14-7-9)8-11(10)3-1-5-15-11/h9-10,13H,1-8H2/t10-,11-/m0/s1. The molecule has 86 valence electrons. The molecule has 4 nitrogen and oxygen atoms in total. The van der Waals surface area contributed by atoms with Crippen molar-refractivity contribution in [1.82, 2.24) is 4.90 Å². The molecule has 3 saturated heterocycles. The van der Waals surface area contributed by atoms with Crippen molar-refractivity contribution in [3.8, 4) is 0 Å². The number of hydrogen-bond acceptors (Lipinski definition) is 4. The Morgan fingerprint density at radius 3 is 2.80 bits per heavy atom. The van der Waals surface area contributed by atoms with Crippen LogP contribution in [-0.4, -0.2) is 60.7 Å². The third-order valence-electron chi connectivity index (χ3n) is 4.04. The third-order valence-corrected chi connectivity index (χ3v) is 4.04. The summed E-state index contributed by atoms with van der Waals surface area (Å²) in [5.41, 5.74) is -0.256. The number of aliphatic hydroxyl groups excluding tert-OH is 1. The Bertz CT molecular complexity index is 236. The topological polar surface area (TPSA) is 41.9 Å². The molecule has 1 N–H and O–H groups in total. The Morgan fingerprint density at radius 1 is 1.33 bits per heavy atom. The molecule has 0 bridgehead atoms. The van der Waals surface area contributed by atoms with Gasteiger partial charge in [0, 0.05) is 19.7 Å². The van der Waals surface area contributed by atoms with Crippen molar-refractivity contribution in [2.45, 2.75) is 37.0 Å². The van der Waals surface area contributed by atoms with Crippen LogP contribution in [0.15, 0.2) is 0 Å². The maximum absolute atomic E-state index is 10.1. The summed E-state index contributed by atoms with van der Waals surface area (Å²) >= 11 is 0. The Labute approximate surface area is 90.2 Å². The SMILES string of the molecule is O[C@H]1CCN(C2COC2)C[C@@]12CCCO2. The van der Waals surface area contributed by atoms with Crippen molar-refractivity contribution in [2.75, 3.05) is 32.9 Å². The monoisotopic (exact) mass is 213 g/mol. The molecule has 15 heavy (non-hydrogen) atoms. The van der Waals surface area contributed by atoms with Crippen LogP contribution in [0.3, 0.4) is 0 Å². The van der Waals surface area contributed by atoms with Gasteiger partial charge < -0.3 is 14.6 Å². The number of rotatable bonds is 1. The van der Waals surface area contributed by atoms with Crippen molar-refractivity contribution < 1.29 is 14.6 Å². The van der Waals surface area contributed by atoms with Crippen molar-refractivity contribution in [2.24, 2.45) is 0 Å². The molecule has 4 heteroatoms. The largest absolute Gasteiger partial charge is 0.390 e. The molecule has 3 heterocycles. The van der Waals surface area contributed by atoms with E-state index in [0.717, 1.165) is 52.2 Å². The second kappa shape index (κ2) is 3.70. The van der Waals surface area contributed by atoms with Crippen LogP contribution < -0.4 is 0 Å². The zero-order valence-electron chi connectivity index (χ0n) is 9.02. The normalized spacial score (nSPS) is 43.4. The summed E-state index contributed by atoms with van der Waals surface area (Å²) in [5.74, 6) is 0. The summed E-state index contributed by atoms with van der Waals surface area (Å²) < 4.78 is 11.0. The quantitative estimate of drug-likeness (QED) is 0.666. The number of aliphatic hydroxyl groups is 1. The zero-order chi connectivity index (χ0) is 10.3. The van der Waals surface area contributed by atoms with Crippen molar-refractivity contribution in [3.63, 3.8) is 0 Å². The first-order valence-electron chi connectivity index (χ1n) is 5.94. The molecule has 0 aromatic rings. The van der Waals surface area contributed by atoms with Gasteiger partial charge in [0.25, 0.3) is 0 Å². The minimum atomic E-state index is -0.266. The van der Waals surface area contributed by atoms with E-state index in [1.54, 1.807) is 0 Å². The molecule has 0 aliphatic carbocycles. The van der Waals surface area contributed by atoms with E-state index in [4.69, 9.17) is 9.47 Å². The fraction of sp³-hybridized carbons (Fsp3) is 1.00. The second-order valence-electron chi connectivity index (χ2n) is 4.98. The molecule has 0 radical (unpaired) electrons. The minimum Gasteiger partial charge on any atom is -0.390 e. The van der Waals surface area contributed by atoms with Crippen molar-refractivity contribution >= 4 is 0 Å². The highest BCUT2D eigenvalue weighted by Gasteiger charge is 2.47. The van der Waals surface area contributed by atoms with E-state index in [1.165, 1.54) is 0 Å². The lowest BCUT2D eigenvalue weighted by atomic mass is 9.86. The van der Waals surface area contributed by atoms with Gasteiger partial charge in [-0.05, 0) is 19.3 Å². The highest BCUT2D eigenvalue weighted by molar-refractivity contribution is 5.00. The molecule has 1 spiro atoms. The van der Waals surface area contributed by atoms with Crippen molar-refractivity contribution in [1.29, 1.82) is 0 Å². The van der Waals surface area contributed by atoms with Gasteiger partial charge in [-0.15, -0.1) is 0 Å². The smallest absolute Gasteiger partial charge is 0.107 e. The number of likely N-dealkylation sites (tertiary alicyclic amines) is 1. The maximum atomic E-state index is 10.1. The van der Waals surface area contributed by atoms with Gasteiger partial charge in [0.15, 0.2) is 0 Å². The lowest BCUT2D eigenvalue weighted by Gasteiger charge is -2.48. The molecule has 0 aromatic carbocycles. The Kier molecular flexibility index (Phi) is 2.47. The van der Waals surface area contributed by atoms with Crippen molar-refractivity contribution in [3.05, 3.63) is 0 Å². The Balaban J connectivity index is 1.70. The van der Waals surface area contributed by atoms with E-state index in [9.17, 15) is 5.11 Å². The van der Waals surface area contributed by atoms with Gasteiger partial charge in [-0.2, -0.15) is 0 Å². The second-order valence-corrected chi connectivity index (χ2v) is 4.98. The predicted molar refractivity (Wildman–Crippen MR) is 54.7 cm³/mol. The van der Waals surface area contributed by atoms with Gasteiger partial charge in [0.05, 0.1) is 25.4 Å². The van der Waals surface area contributed by atoms with Crippen LogP contribution in [0.4, 0.5) is 0 Å². The van der Waals surface area contributed by atoms with Crippen LogP contribution in [0, 0.1) is 0 Å². The van der Waals surface area contributed by atoms with Gasteiger partial charge in [-0.1, -0.05) is 0 Å². The molecule has 3 rings (SSSR count). The number of piperidine rings is 1. The number of ether oxygens (including phenoxy) is 2. The number of nitrogens with zero attached hydrogens (tertiary/aromatic N) is 1. The van der Waals surface area contributed by atoms with E-state index in [1.807, 2.05) is 0 Å². The van der Waals surface area contributed by atoms with Gasteiger partial charge in [0.1, 0.15) is 5.60 Å². The van der Waals surface area contributed by atoms with Crippen LogP contribution in [0.5, 0.6) is 0 Å². The molecule has 0 saturated carbocycles.